The number of rotatable bonds is 1. The fourth-order valence-corrected chi connectivity index (χ4v) is 2.56. The van der Waals surface area contributed by atoms with E-state index in [0.29, 0.717) is 16.6 Å². The second kappa shape index (κ2) is 4.54. The lowest BCUT2D eigenvalue weighted by Crippen LogP contribution is -2.01. The molecule has 0 saturated heterocycles. The monoisotopic (exact) mass is 337 g/mol. The molecule has 3 rings (SSSR count). The first-order valence-electron chi connectivity index (χ1n) is 5.58. The Morgan fingerprint density at radius 3 is 2.79 bits per heavy atom. The van der Waals surface area contributed by atoms with Gasteiger partial charge in [0, 0.05) is 16.4 Å². The first kappa shape index (κ1) is 12.5. The lowest BCUT2D eigenvalue weighted by molar-refractivity contribution is 0.993. The average molecular weight is 339 g/mol. The van der Waals surface area contributed by atoms with Gasteiger partial charge in [-0.1, -0.05) is 11.6 Å². The molecule has 0 aliphatic carbocycles. The van der Waals surface area contributed by atoms with Crippen molar-refractivity contribution in [3.63, 3.8) is 0 Å². The highest BCUT2D eigenvalue weighted by molar-refractivity contribution is 9.10. The Morgan fingerprint density at radius 2 is 2.05 bits per heavy atom. The third-order valence-corrected chi connectivity index (χ3v) is 3.84. The number of fused-ring (bicyclic) bond motifs is 1. The summed E-state index contributed by atoms with van der Waals surface area (Å²) in [5.74, 6) is 0.646. The quantitative estimate of drug-likeness (QED) is 0.683. The van der Waals surface area contributed by atoms with Crippen molar-refractivity contribution < 1.29 is 0 Å². The third kappa shape index (κ3) is 1.91. The average Bonchev–Trinajstić information content (AvgIpc) is 2.82. The van der Waals surface area contributed by atoms with E-state index in [9.17, 15) is 0 Å². The van der Waals surface area contributed by atoms with Crippen molar-refractivity contribution in [3.8, 4) is 11.5 Å². The van der Waals surface area contributed by atoms with Crippen LogP contribution < -0.4 is 0 Å². The lowest BCUT2D eigenvalue weighted by Gasteiger charge is -2.07. The molecule has 0 aliphatic rings. The zero-order chi connectivity index (χ0) is 13.6. The minimum atomic E-state index is 0.342. The van der Waals surface area contributed by atoms with Gasteiger partial charge in [-0.3, -0.25) is 9.38 Å². The van der Waals surface area contributed by atoms with Crippen molar-refractivity contribution in [1.29, 1.82) is 0 Å². The Kier molecular flexibility index (Phi) is 2.99. The highest BCUT2D eigenvalue weighted by Crippen LogP contribution is 2.27. The molecule has 0 saturated carbocycles. The highest BCUT2D eigenvalue weighted by atomic mass is 79.9. The molecule has 0 bridgehead atoms. The summed E-state index contributed by atoms with van der Waals surface area (Å²) in [5.41, 5.74) is 3.04. The summed E-state index contributed by atoms with van der Waals surface area (Å²) in [6.45, 7) is 3.85. The number of aryl methyl sites for hydroxylation is 2. The van der Waals surface area contributed by atoms with Gasteiger partial charge in [0.15, 0.2) is 16.6 Å². The smallest absolute Gasteiger partial charge is 0.199 e. The molecular formula is C12H9BrClN5. The van der Waals surface area contributed by atoms with Crippen LogP contribution in [0.3, 0.4) is 0 Å². The van der Waals surface area contributed by atoms with E-state index >= 15 is 0 Å². The molecule has 19 heavy (non-hydrogen) atoms. The highest BCUT2D eigenvalue weighted by Gasteiger charge is 2.17. The molecule has 5 nitrogen and oxygen atoms in total. The minimum Gasteiger partial charge on any atom is -0.274 e. The van der Waals surface area contributed by atoms with E-state index in [1.165, 1.54) is 0 Å². The van der Waals surface area contributed by atoms with E-state index in [2.05, 4.69) is 36.1 Å². The summed E-state index contributed by atoms with van der Waals surface area (Å²) in [4.78, 5) is 8.58. The van der Waals surface area contributed by atoms with Crippen LogP contribution in [0.25, 0.3) is 17.2 Å². The molecule has 3 aromatic heterocycles. The maximum atomic E-state index is 6.11. The van der Waals surface area contributed by atoms with Crippen LogP contribution in [-0.4, -0.2) is 24.6 Å². The van der Waals surface area contributed by atoms with Crippen LogP contribution in [-0.2, 0) is 0 Å². The number of halogens is 2. The molecule has 7 heteroatoms. The summed E-state index contributed by atoms with van der Waals surface area (Å²) in [6, 6.07) is 3.76. The normalized spacial score (nSPS) is 11.2. The number of pyridine rings is 1. The molecule has 0 amide bonds. The van der Waals surface area contributed by atoms with Crippen LogP contribution in [0.2, 0.25) is 5.15 Å². The minimum absolute atomic E-state index is 0.342. The van der Waals surface area contributed by atoms with Crippen LogP contribution in [0.5, 0.6) is 0 Å². The van der Waals surface area contributed by atoms with Crippen molar-refractivity contribution >= 4 is 33.2 Å². The van der Waals surface area contributed by atoms with E-state index < -0.39 is 0 Å². The predicted molar refractivity (Wildman–Crippen MR) is 76.2 cm³/mol. The van der Waals surface area contributed by atoms with Crippen LogP contribution in [0.4, 0.5) is 0 Å². The second-order valence-electron chi connectivity index (χ2n) is 4.09. The van der Waals surface area contributed by atoms with Crippen LogP contribution in [0, 0.1) is 13.8 Å². The standard InChI is InChI=1S/C12H9BrClN5/c1-6-7(2)19-11(9-8(13)4-3-5-15-9)17-18-12(19)10(14)16-6/h3-5H,1-2H3. The van der Waals surface area contributed by atoms with E-state index in [-0.39, 0.29) is 0 Å². The molecule has 3 heterocycles. The van der Waals surface area contributed by atoms with Gasteiger partial charge in [0.25, 0.3) is 0 Å². The van der Waals surface area contributed by atoms with Gasteiger partial charge < -0.3 is 0 Å². The fourth-order valence-electron chi connectivity index (χ4n) is 1.88. The largest absolute Gasteiger partial charge is 0.274 e. The van der Waals surface area contributed by atoms with Gasteiger partial charge >= 0.3 is 0 Å². The van der Waals surface area contributed by atoms with Crippen molar-refractivity contribution in [2.24, 2.45) is 0 Å². The molecule has 0 aromatic carbocycles. The van der Waals surface area contributed by atoms with Gasteiger partial charge in [-0.25, -0.2) is 4.98 Å². The van der Waals surface area contributed by atoms with E-state index in [1.807, 2.05) is 30.4 Å². The first-order valence-corrected chi connectivity index (χ1v) is 6.75. The van der Waals surface area contributed by atoms with Gasteiger partial charge in [0.2, 0.25) is 0 Å². The third-order valence-electron chi connectivity index (χ3n) is 2.94. The number of hydrogen-bond acceptors (Lipinski definition) is 4. The SMILES string of the molecule is Cc1nc(Cl)c2nnc(-c3ncccc3Br)n2c1C. The lowest BCUT2D eigenvalue weighted by atomic mass is 10.3. The van der Waals surface area contributed by atoms with Crippen molar-refractivity contribution in [2.45, 2.75) is 13.8 Å². The molecule has 3 aromatic rings. The van der Waals surface area contributed by atoms with Gasteiger partial charge in [0.05, 0.1) is 5.69 Å². The number of nitrogens with zero attached hydrogens (tertiary/aromatic N) is 5. The Bertz CT molecular complexity index is 783. The molecule has 0 fully saturated rings. The zero-order valence-corrected chi connectivity index (χ0v) is 12.6. The molecule has 0 unspecified atom stereocenters. The maximum absolute atomic E-state index is 6.11. The molecule has 0 aliphatic heterocycles. The number of aromatic nitrogens is 5. The molecule has 0 spiro atoms. The molecule has 96 valence electrons. The van der Waals surface area contributed by atoms with Gasteiger partial charge in [-0.05, 0) is 41.9 Å². The topological polar surface area (TPSA) is 56.0 Å². The molecular weight excluding hydrogens is 330 g/mol. The van der Waals surface area contributed by atoms with Gasteiger partial charge in [0.1, 0.15) is 5.69 Å². The fraction of sp³-hybridized carbons (Fsp3) is 0.167. The molecule has 0 atom stereocenters. The van der Waals surface area contributed by atoms with E-state index in [1.54, 1.807) is 6.20 Å². The Labute approximate surface area is 122 Å². The van der Waals surface area contributed by atoms with Gasteiger partial charge in [-0.15, -0.1) is 10.2 Å². The van der Waals surface area contributed by atoms with E-state index in [4.69, 9.17) is 11.6 Å². The molecule has 0 N–H and O–H groups in total. The van der Waals surface area contributed by atoms with Crippen LogP contribution in [0.1, 0.15) is 11.4 Å². The zero-order valence-electron chi connectivity index (χ0n) is 10.2. The summed E-state index contributed by atoms with van der Waals surface area (Å²) in [7, 11) is 0. The van der Waals surface area contributed by atoms with E-state index in [0.717, 1.165) is 21.6 Å². The number of hydrogen-bond donors (Lipinski definition) is 0. The Hall–Kier alpha value is -1.53. The predicted octanol–water partition coefficient (Wildman–Crippen LogP) is 3.22. The van der Waals surface area contributed by atoms with Crippen molar-refractivity contribution in [3.05, 3.63) is 39.3 Å². The van der Waals surface area contributed by atoms with Gasteiger partial charge in [-0.2, -0.15) is 0 Å². The Balaban J connectivity index is 2.41. The molecule has 0 radical (unpaired) electrons. The summed E-state index contributed by atoms with van der Waals surface area (Å²) in [6.07, 6.45) is 1.71. The van der Waals surface area contributed by atoms with Crippen molar-refractivity contribution in [2.75, 3.05) is 0 Å². The maximum Gasteiger partial charge on any atom is 0.199 e. The summed E-state index contributed by atoms with van der Waals surface area (Å²) in [5, 5.41) is 8.62. The van der Waals surface area contributed by atoms with Crippen LogP contribution in [0.15, 0.2) is 22.8 Å². The summed E-state index contributed by atoms with van der Waals surface area (Å²) < 4.78 is 2.73. The summed E-state index contributed by atoms with van der Waals surface area (Å²) >= 11 is 9.58. The first-order chi connectivity index (χ1) is 9.09. The second-order valence-corrected chi connectivity index (χ2v) is 5.30. The van der Waals surface area contributed by atoms with Crippen molar-refractivity contribution in [1.82, 2.24) is 24.6 Å². The van der Waals surface area contributed by atoms with Crippen LogP contribution >= 0.6 is 27.5 Å². The Morgan fingerprint density at radius 1 is 1.26 bits per heavy atom.